The number of anilines is 1. The van der Waals surface area contributed by atoms with E-state index in [1.54, 1.807) is 32.9 Å². The third kappa shape index (κ3) is 7.61. The smallest absolute Gasteiger partial charge is 0.412 e. The zero-order chi connectivity index (χ0) is 23.0. The molecule has 0 aliphatic rings. The Labute approximate surface area is 180 Å². The fourth-order valence-electron chi connectivity index (χ4n) is 2.47. The van der Waals surface area contributed by atoms with Crippen molar-refractivity contribution in [3.63, 3.8) is 0 Å². The Morgan fingerprint density at radius 1 is 0.935 bits per heavy atom. The zero-order valence-corrected chi connectivity index (χ0v) is 18.2. The second-order valence-corrected chi connectivity index (χ2v) is 7.48. The van der Waals surface area contributed by atoms with Gasteiger partial charge in [-0.05, 0) is 38.5 Å². The molecular formula is C22H26N2O7. The van der Waals surface area contributed by atoms with Gasteiger partial charge >= 0.3 is 18.0 Å². The van der Waals surface area contributed by atoms with Gasteiger partial charge in [-0.15, -0.1) is 0 Å². The minimum absolute atomic E-state index is 0.0574. The summed E-state index contributed by atoms with van der Waals surface area (Å²) in [5, 5.41) is 2.67. The van der Waals surface area contributed by atoms with E-state index in [0.29, 0.717) is 17.9 Å². The number of methoxy groups -OCH3 is 2. The summed E-state index contributed by atoms with van der Waals surface area (Å²) in [5.41, 5.74) is 0.884. The second kappa shape index (κ2) is 10.4. The molecule has 0 aliphatic carbocycles. The maximum atomic E-state index is 11.8. The molecule has 0 atom stereocenters. The van der Waals surface area contributed by atoms with Gasteiger partial charge in [0.15, 0.2) is 11.4 Å². The Hall–Kier alpha value is -3.62. The monoisotopic (exact) mass is 430 g/mol. The number of benzene rings is 1. The molecule has 1 aromatic heterocycles. The van der Waals surface area contributed by atoms with Gasteiger partial charge in [0.2, 0.25) is 0 Å². The Kier molecular flexibility index (Phi) is 7.95. The number of aromatic nitrogens is 1. The quantitative estimate of drug-likeness (QED) is 0.523. The lowest BCUT2D eigenvalue weighted by molar-refractivity contribution is 0.0581. The molecule has 0 bridgehead atoms. The van der Waals surface area contributed by atoms with Crippen LogP contribution in [0.15, 0.2) is 36.4 Å². The van der Waals surface area contributed by atoms with Crippen LogP contribution in [-0.2, 0) is 20.6 Å². The molecule has 2 rings (SSSR count). The fraction of sp³-hybridized carbons (Fsp3) is 0.364. The van der Waals surface area contributed by atoms with Crippen LogP contribution in [0.3, 0.4) is 0 Å². The zero-order valence-electron chi connectivity index (χ0n) is 18.2. The molecule has 9 heteroatoms. The summed E-state index contributed by atoms with van der Waals surface area (Å²) < 4.78 is 20.2. The molecule has 1 aromatic carbocycles. The minimum Gasteiger partial charge on any atom is -0.493 e. The lowest BCUT2D eigenvalue weighted by Gasteiger charge is -2.19. The summed E-state index contributed by atoms with van der Waals surface area (Å²) in [6, 6.07) is 10.0. The van der Waals surface area contributed by atoms with Crippen molar-refractivity contribution in [1.29, 1.82) is 0 Å². The summed E-state index contributed by atoms with van der Waals surface area (Å²) in [4.78, 5) is 39.3. The maximum absolute atomic E-state index is 11.8. The van der Waals surface area contributed by atoms with Crippen molar-refractivity contribution >= 4 is 23.7 Å². The topological polar surface area (TPSA) is 113 Å². The number of nitrogens with one attached hydrogen (secondary N) is 1. The first-order chi connectivity index (χ1) is 14.6. The average Bonchev–Trinajstić information content (AvgIpc) is 2.72. The van der Waals surface area contributed by atoms with E-state index in [-0.39, 0.29) is 18.0 Å². The van der Waals surface area contributed by atoms with Gasteiger partial charge in [-0.1, -0.05) is 12.1 Å². The highest BCUT2D eigenvalue weighted by molar-refractivity contribution is 5.92. The van der Waals surface area contributed by atoms with Gasteiger partial charge in [0, 0.05) is 24.2 Å². The van der Waals surface area contributed by atoms with Gasteiger partial charge < -0.3 is 18.9 Å². The van der Waals surface area contributed by atoms with Crippen molar-refractivity contribution in [2.24, 2.45) is 0 Å². The molecule has 0 aliphatic heterocycles. The van der Waals surface area contributed by atoms with Crippen LogP contribution in [0.4, 0.5) is 10.5 Å². The molecule has 1 N–H and O–H groups in total. The van der Waals surface area contributed by atoms with E-state index in [4.69, 9.17) is 9.47 Å². The van der Waals surface area contributed by atoms with Gasteiger partial charge in [-0.3, -0.25) is 5.32 Å². The van der Waals surface area contributed by atoms with Crippen LogP contribution in [0.5, 0.6) is 5.75 Å². The van der Waals surface area contributed by atoms with Crippen molar-refractivity contribution in [2.45, 2.75) is 32.8 Å². The first-order valence-electron chi connectivity index (χ1n) is 9.51. The summed E-state index contributed by atoms with van der Waals surface area (Å²) >= 11 is 0. The standard InChI is InChI=1S/C22H26N2O7/c1-22(2,3)31-21(27)23-15-8-6-14(7-9-15)10-11-30-16-12-17(19(25)28-4)24-18(13-16)20(26)29-5/h6-9,12-13H,10-11H2,1-5H3,(H,23,27). The van der Waals surface area contributed by atoms with Crippen LogP contribution in [0.1, 0.15) is 47.3 Å². The van der Waals surface area contributed by atoms with Crippen LogP contribution >= 0.6 is 0 Å². The molecular weight excluding hydrogens is 404 g/mol. The molecule has 1 heterocycles. The van der Waals surface area contributed by atoms with Gasteiger partial charge in [0.05, 0.1) is 20.8 Å². The van der Waals surface area contributed by atoms with E-state index < -0.39 is 23.6 Å². The number of esters is 2. The van der Waals surface area contributed by atoms with Gasteiger partial charge in [0.1, 0.15) is 11.4 Å². The number of nitrogens with zero attached hydrogens (tertiary/aromatic N) is 1. The number of hydrogen-bond donors (Lipinski definition) is 1. The minimum atomic E-state index is -0.691. The summed E-state index contributed by atoms with van der Waals surface area (Å²) in [7, 11) is 2.44. The molecule has 166 valence electrons. The fourth-order valence-corrected chi connectivity index (χ4v) is 2.47. The highest BCUT2D eigenvalue weighted by atomic mass is 16.6. The normalized spacial score (nSPS) is 10.7. The van der Waals surface area contributed by atoms with Crippen LogP contribution in [0.25, 0.3) is 0 Å². The van der Waals surface area contributed by atoms with Crippen molar-refractivity contribution in [3.05, 3.63) is 53.3 Å². The number of amides is 1. The number of ether oxygens (including phenoxy) is 4. The molecule has 0 saturated heterocycles. The first kappa shape index (κ1) is 23.7. The lowest BCUT2D eigenvalue weighted by atomic mass is 10.1. The predicted octanol–water partition coefficient (Wildman–Crippen LogP) is 3.62. The number of carbonyl (C=O) groups excluding carboxylic acids is 3. The SMILES string of the molecule is COC(=O)c1cc(OCCc2ccc(NC(=O)OC(C)(C)C)cc2)cc(C(=O)OC)n1. The molecule has 0 fully saturated rings. The summed E-state index contributed by atoms with van der Waals surface area (Å²) in [5.74, 6) is -1.09. The summed E-state index contributed by atoms with van der Waals surface area (Å²) in [6.07, 6.45) is 0.0278. The van der Waals surface area contributed by atoms with E-state index >= 15 is 0 Å². The lowest BCUT2D eigenvalue weighted by Crippen LogP contribution is -2.27. The van der Waals surface area contributed by atoms with E-state index in [0.717, 1.165) is 5.56 Å². The Morgan fingerprint density at radius 2 is 1.48 bits per heavy atom. The van der Waals surface area contributed by atoms with Crippen molar-refractivity contribution in [2.75, 3.05) is 26.1 Å². The van der Waals surface area contributed by atoms with Crippen LogP contribution in [0.2, 0.25) is 0 Å². The van der Waals surface area contributed by atoms with Crippen molar-refractivity contribution in [3.8, 4) is 5.75 Å². The van der Waals surface area contributed by atoms with Gasteiger partial charge in [-0.25, -0.2) is 19.4 Å². The molecule has 31 heavy (non-hydrogen) atoms. The first-order valence-corrected chi connectivity index (χ1v) is 9.51. The maximum Gasteiger partial charge on any atom is 0.412 e. The van der Waals surface area contributed by atoms with E-state index in [1.165, 1.54) is 26.4 Å². The van der Waals surface area contributed by atoms with E-state index in [1.807, 2.05) is 12.1 Å². The molecule has 9 nitrogen and oxygen atoms in total. The molecule has 0 radical (unpaired) electrons. The molecule has 0 unspecified atom stereocenters. The molecule has 0 spiro atoms. The van der Waals surface area contributed by atoms with Crippen molar-refractivity contribution < 1.29 is 33.3 Å². The van der Waals surface area contributed by atoms with Crippen LogP contribution in [-0.4, -0.2) is 49.4 Å². The molecule has 2 aromatic rings. The average molecular weight is 430 g/mol. The van der Waals surface area contributed by atoms with E-state index in [2.05, 4.69) is 19.8 Å². The molecule has 1 amide bonds. The number of hydrogen-bond acceptors (Lipinski definition) is 8. The van der Waals surface area contributed by atoms with Crippen LogP contribution in [0, 0.1) is 0 Å². The second-order valence-electron chi connectivity index (χ2n) is 7.48. The van der Waals surface area contributed by atoms with E-state index in [9.17, 15) is 14.4 Å². The predicted molar refractivity (Wildman–Crippen MR) is 112 cm³/mol. The number of pyridine rings is 1. The Balaban J connectivity index is 1.97. The van der Waals surface area contributed by atoms with Crippen LogP contribution < -0.4 is 10.1 Å². The van der Waals surface area contributed by atoms with Gasteiger partial charge in [0.25, 0.3) is 0 Å². The van der Waals surface area contributed by atoms with Gasteiger partial charge in [-0.2, -0.15) is 0 Å². The third-order valence-electron chi connectivity index (χ3n) is 3.85. The summed E-state index contributed by atoms with van der Waals surface area (Å²) in [6.45, 7) is 5.66. The number of rotatable bonds is 7. The highest BCUT2D eigenvalue weighted by Crippen LogP contribution is 2.17. The largest absolute Gasteiger partial charge is 0.493 e. The highest BCUT2D eigenvalue weighted by Gasteiger charge is 2.17. The number of carbonyl (C=O) groups is 3. The third-order valence-corrected chi connectivity index (χ3v) is 3.85. The van der Waals surface area contributed by atoms with Crippen molar-refractivity contribution in [1.82, 2.24) is 4.98 Å². The Bertz CT molecular complexity index is 900. The molecule has 0 saturated carbocycles. The Morgan fingerprint density at radius 3 is 1.97 bits per heavy atom.